The van der Waals surface area contributed by atoms with Gasteiger partial charge in [0.15, 0.2) is 0 Å². The van der Waals surface area contributed by atoms with Crippen molar-refractivity contribution in [1.29, 1.82) is 0 Å². The molecule has 0 aliphatic heterocycles. The van der Waals surface area contributed by atoms with Crippen LogP contribution in [0.2, 0.25) is 5.28 Å². The Morgan fingerprint density at radius 2 is 2.00 bits per heavy atom. The Balaban J connectivity index is 2.28. The molecule has 1 heterocycles. The van der Waals surface area contributed by atoms with Crippen LogP contribution in [-0.4, -0.2) is 21.1 Å². The molecule has 0 bridgehead atoms. The van der Waals surface area contributed by atoms with Crippen molar-refractivity contribution >= 4 is 39.2 Å². The smallest absolute Gasteiger partial charge is 0.322 e. The van der Waals surface area contributed by atoms with Crippen LogP contribution in [0.25, 0.3) is 0 Å². The normalized spacial score (nSPS) is 10.7. The molecule has 0 atom stereocenters. The molecular formula is C13H14BrClN4O. The van der Waals surface area contributed by atoms with Gasteiger partial charge in [0, 0.05) is 10.2 Å². The van der Waals surface area contributed by atoms with E-state index < -0.39 is 0 Å². The van der Waals surface area contributed by atoms with E-state index >= 15 is 0 Å². The zero-order valence-electron chi connectivity index (χ0n) is 11.3. The summed E-state index contributed by atoms with van der Waals surface area (Å²) in [6.07, 6.45) is -0.0334. The van der Waals surface area contributed by atoms with Crippen LogP contribution in [-0.2, 0) is 0 Å². The van der Waals surface area contributed by atoms with Crippen LogP contribution in [0.5, 0.6) is 6.01 Å². The summed E-state index contributed by atoms with van der Waals surface area (Å²) in [4.78, 5) is 12.2. The number of rotatable bonds is 4. The van der Waals surface area contributed by atoms with Gasteiger partial charge in [0.1, 0.15) is 0 Å². The van der Waals surface area contributed by atoms with E-state index in [9.17, 15) is 0 Å². The van der Waals surface area contributed by atoms with Crippen LogP contribution >= 0.6 is 27.5 Å². The number of ether oxygens (including phenoxy) is 1. The lowest BCUT2D eigenvalue weighted by atomic mass is 10.2. The zero-order valence-corrected chi connectivity index (χ0v) is 13.7. The number of anilines is 2. The summed E-state index contributed by atoms with van der Waals surface area (Å²) in [6.45, 7) is 5.77. The Kier molecular flexibility index (Phi) is 4.77. The number of benzene rings is 1. The van der Waals surface area contributed by atoms with Gasteiger partial charge in [-0.15, -0.1) is 0 Å². The summed E-state index contributed by atoms with van der Waals surface area (Å²) < 4.78 is 6.39. The summed E-state index contributed by atoms with van der Waals surface area (Å²) in [5.41, 5.74) is 1.95. The van der Waals surface area contributed by atoms with Crippen molar-refractivity contribution in [3.63, 3.8) is 0 Å². The lowest BCUT2D eigenvalue weighted by Crippen LogP contribution is -2.10. The van der Waals surface area contributed by atoms with Crippen LogP contribution in [0.4, 0.5) is 11.6 Å². The second-order valence-corrected chi connectivity index (χ2v) is 5.72. The average Bonchev–Trinajstić information content (AvgIpc) is 2.32. The minimum atomic E-state index is -0.0334. The highest BCUT2D eigenvalue weighted by Crippen LogP contribution is 2.24. The van der Waals surface area contributed by atoms with Crippen molar-refractivity contribution in [1.82, 2.24) is 15.0 Å². The van der Waals surface area contributed by atoms with E-state index in [-0.39, 0.29) is 17.4 Å². The monoisotopic (exact) mass is 356 g/mol. The van der Waals surface area contributed by atoms with E-state index in [1.165, 1.54) is 0 Å². The Bertz CT molecular complexity index is 621. The molecule has 7 heteroatoms. The quantitative estimate of drug-likeness (QED) is 0.891. The molecule has 106 valence electrons. The SMILES string of the molecule is Cc1ccc(Br)cc1Nc1nc(Cl)nc(OC(C)C)n1. The second kappa shape index (κ2) is 6.37. The van der Waals surface area contributed by atoms with E-state index in [0.29, 0.717) is 5.95 Å². The molecule has 1 N–H and O–H groups in total. The molecule has 0 fully saturated rings. The van der Waals surface area contributed by atoms with Gasteiger partial charge in [-0.1, -0.05) is 22.0 Å². The van der Waals surface area contributed by atoms with E-state index in [0.717, 1.165) is 15.7 Å². The summed E-state index contributed by atoms with van der Waals surface area (Å²) in [5.74, 6) is 0.349. The molecule has 5 nitrogen and oxygen atoms in total. The van der Waals surface area contributed by atoms with E-state index in [1.807, 2.05) is 39.0 Å². The molecule has 1 aromatic heterocycles. The highest BCUT2D eigenvalue weighted by Gasteiger charge is 2.09. The molecule has 0 aliphatic rings. The van der Waals surface area contributed by atoms with Crippen LogP contribution < -0.4 is 10.1 Å². The Hall–Kier alpha value is -1.40. The van der Waals surface area contributed by atoms with Crippen LogP contribution in [0.3, 0.4) is 0 Å². The standard InChI is InChI=1S/C13H14BrClN4O/c1-7(2)20-13-18-11(15)17-12(19-13)16-10-6-9(14)5-4-8(10)3/h4-7H,1-3H3,(H,16,17,18,19). The number of halogens is 2. The van der Waals surface area contributed by atoms with Crippen LogP contribution in [0.15, 0.2) is 22.7 Å². The molecule has 0 unspecified atom stereocenters. The van der Waals surface area contributed by atoms with Gasteiger partial charge < -0.3 is 10.1 Å². The molecule has 0 aliphatic carbocycles. The number of aromatic nitrogens is 3. The number of aryl methyl sites for hydroxylation is 1. The first-order valence-electron chi connectivity index (χ1n) is 6.05. The largest absolute Gasteiger partial charge is 0.461 e. The lowest BCUT2D eigenvalue weighted by molar-refractivity contribution is 0.222. The van der Waals surface area contributed by atoms with Gasteiger partial charge >= 0.3 is 6.01 Å². The van der Waals surface area contributed by atoms with Crippen molar-refractivity contribution in [2.45, 2.75) is 26.9 Å². The fourth-order valence-corrected chi connectivity index (χ4v) is 2.01. The summed E-state index contributed by atoms with van der Waals surface area (Å²) in [7, 11) is 0. The fraction of sp³-hybridized carbons (Fsp3) is 0.308. The summed E-state index contributed by atoms with van der Waals surface area (Å²) in [5, 5.41) is 3.20. The Labute approximate surface area is 130 Å². The minimum absolute atomic E-state index is 0.0334. The topological polar surface area (TPSA) is 59.9 Å². The van der Waals surface area contributed by atoms with Gasteiger partial charge in [-0.2, -0.15) is 15.0 Å². The zero-order chi connectivity index (χ0) is 14.7. The number of hydrogen-bond donors (Lipinski definition) is 1. The third-order valence-corrected chi connectivity index (χ3v) is 3.04. The molecule has 0 amide bonds. The third-order valence-electron chi connectivity index (χ3n) is 2.37. The molecule has 2 rings (SSSR count). The molecular weight excluding hydrogens is 344 g/mol. The first kappa shape index (κ1) is 15.0. The molecule has 0 saturated carbocycles. The van der Waals surface area contributed by atoms with Gasteiger partial charge in [-0.3, -0.25) is 0 Å². The summed E-state index contributed by atoms with van der Waals surface area (Å²) >= 11 is 9.31. The highest BCUT2D eigenvalue weighted by molar-refractivity contribution is 9.10. The van der Waals surface area contributed by atoms with Gasteiger partial charge in [0.25, 0.3) is 0 Å². The Morgan fingerprint density at radius 1 is 1.25 bits per heavy atom. The fourth-order valence-electron chi connectivity index (χ4n) is 1.50. The summed E-state index contributed by atoms with van der Waals surface area (Å²) in [6, 6.07) is 6.10. The maximum atomic E-state index is 5.88. The third kappa shape index (κ3) is 4.05. The minimum Gasteiger partial charge on any atom is -0.461 e. The lowest BCUT2D eigenvalue weighted by Gasteiger charge is -2.11. The number of hydrogen-bond acceptors (Lipinski definition) is 5. The van der Waals surface area contributed by atoms with Crippen molar-refractivity contribution in [3.05, 3.63) is 33.5 Å². The number of nitrogens with zero attached hydrogens (tertiary/aromatic N) is 3. The predicted octanol–water partition coefficient (Wildman–Crippen LogP) is 4.13. The maximum Gasteiger partial charge on any atom is 0.322 e. The first-order valence-corrected chi connectivity index (χ1v) is 7.22. The molecule has 0 spiro atoms. The Morgan fingerprint density at radius 3 is 2.70 bits per heavy atom. The van der Waals surface area contributed by atoms with E-state index in [2.05, 4.69) is 36.2 Å². The van der Waals surface area contributed by atoms with Gasteiger partial charge in [-0.25, -0.2) is 0 Å². The highest BCUT2D eigenvalue weighted by atomic mass is 79.9. The van der Waals surface area contributed by atoms with Gasteiger partial charge in [0.2, 0.25) is 11.2 Å². The average molecular weight is 358 g/mol. The molecule has 2 aromatic rings. The van der Waals surface area contributed by atoms with Gasteiger partial charge in [0.05, 0.1) is 6.10 Å². The molecule has 0 saturated heterocycles. The van der Waals surface area contributed by atoms with E-state index in [4.69, 9.17) is 16.3 Å². The second-order valence-electron chi connectivity index (χ2n) is 4.46. The van der Waals surface area contributed by atoms with Crippen LogP contribution in [0, 0.1) is 6.92 Å². The van der Waals surface area contributed by atoms with E-state index in [1.54, 1.807) is 0 Å². The molecule has 20 heavy (non-hydrogen) atoms. The van der Waals surface area contributed by atoms with Crippen molar-refractivity contribution in [2.24, 2.45) is 0 Å². The predicted molar refractivity (Wildman–Crippen MR) is 82.8 cm³/mol. The van der Waals surface area contributed by atoms with Crippen molar-refractivity contribution in [3.8, 4) is 6.01 Å². The first-order chi connectivity index (χ1) is 9.44. The molecule has 0 radical (unpaired) electrons. The molecule has 1 aromatic carbocycles. The number of nitrogens with one attached hydrogen (secondary N) is 1. The van der Waals surface area contributed by atoms with Crippen molar-refractivity contribution in [2.75, 3.05) is 5.32 Å². The van der Waals surface area contributed by atoms with Gasteiger partial charge in [-0.05, 0) is 50.1 Å². The van der Waals surface area contributed by atoms with Crippen LogP contribution in [0.1, 0.15) is 19.4 Å². The maximum absolute atomic E-state index is 5.88. The van der Waals surface area contributed by atoms with Crippen molar-refractivity contribution < 1.29 is 4.74 Å².